The van der Waals surface area contributed by atoms with Crippen LogP contribution in [0.5, 0.6) is 0 Å². The van der Waals surface area contributed by atoms with Crippen molar-refractivity contribution in [2.45, 2.75) is 26.3 Å². The molecule has 0 radical (unpaired) electrons. The lowest BCUT2D eigenvalue weighted by Crippen LogP contribution is -2.35. The molecule has 17 heavy (non-hydrogen) atoms. The number of rotatable bonds is 1. The van der Waals surface area contributed by atoms with Crippen LogP contribution in [0.25, 0.3) is 0 Å². The molecule has 2 rings (SSSR count). The minimum Gasteiger partial charge on any atom is -0.398 e. The van der Waals surface area contributed by atoms with Crippen molar-refractivity contribution in [2.75, 3.05) is 12.3 Å². The fraction of sp³-hybridized carbons (Fsp3) is 0.462. The Balaban J connectivity index is 0.00000144. The third-order valence-electron chi connectivity index (χ3n) is 3.59. The lowest BCUT2D eigenvalue weighted by atomic mass is 10.0. The van der Waals surface area contributed by atoms with Gasteiger partial charge in [-0.2, -0.15) is 0 Å². The van der Waals surface area contributed by atoms with Crippen LogP contribution in [0.3, 0.4) is 0 Å². The highest BCUT2D eigenvalue weighted by atomic mass is 35.5. The maximum Gasteiger partial charge on any atom is 0.256 e. The van der Waals surface area contributed by atoms with Crippen molar-refractivity contribution < 1.29 is 4.79 Å². The zero-order valence-corrected chi connectivity index (χ0v) is 11.0. The molecule has 1 heterocycles. The standard InChI is InChI=1S/C13H18N2O.ClH/c1-9-7-8-15(10(9)2)13(16)11-5-3-4-6-12(11)14;/h3-6,9-10H,7-8,14H2,1-2H3;1H. The predicted molar refractivity (Wildman–Crippen MR) is 72.4 cm³/mol. The van der Waals surface area contributed by atoms with E-state index in [1.807, 2.05) is 17.0 Å². The van der Waals surface area contributed by atoms with Crippen molar-refractivity contribution >= 4 is 24.0 Å². The number of hydrogen-bond acceptors (Lipinski definition) is 2. The van der Waals surface area contributed by atoms with Gasteiger partial charge in [0.1, 0.15) is 0 Å². The fourth-order valence-electron chi connectivity index (χ4n) is 2.23. The molecule has 3 nitrogen and oxygen atoms in total. The molecule has 0 spiro atoms. The van der Waals surface area contributed by atoms with Crippen LogP contribution in [0, 0.1) is 5.92 Å². The van der Waals surface area contributed by atoms with Crippen LogP contribution >= 0.6 is 12.4 Å². The number of carbonyl (C=O) groups is 1. The summed E-state index contributed by atoms with van der Waals surface area (Å²) in [5.41, 5.74) is 7.02. The third-order valence-corrected chi connectivity index (χ3v) is 3.59. The van der Waals surface area contributed by atoms with Crippen LogP contribution in [0.15, 0.2) is 24.3 Å². The van der Waals surface area contributed by atoms with Crippen LogP contribution in [-0.4, -0.2) is 23.4 Å². The van der Waals surface area contributed by atoms with E-state index in [1.165, 1.54) is 0 Å². The van der Waals surface area contributed by atoms with Gasteiger partial charge in [0.15, 0.2) is 0 Å². The molecular weight excluding hydrogens is 236 g/mol. The first kappa shape index (κ1) is 13.8. The van der Waals surface area contributed by atoms with Gasteiger partial charge in [0.05, 0.1) is 5.56 Å². The molecule has 1 amide bonds. The largest absolute Gasteiger partial charge is 0.398 e. The molecule has 2 N–H and O–H groups in total. The lowest BCUT2D eigenvalue weighted by Gasteiger charge is -2.24. The van der Waals surface area contributed by atoms with Gasteiger partial charge >= 0.3 is 0 Å². The molecule has 1 aromatic rings. The Kier molecular flexibility index (Phi) is 4.40. The number of likely N-dealkylation sites (tertiary alicyclic amines) is 1. The lowest BCUT2D eigenvalue weighted by molar-refractivity contribution is 0.0736. The van der Waals surface area contributed by atoms with Gasteiger partial charge < -0.3 is 10.6 Å². The van der Waals surface area contributed by atoms with Crippen LogP contribution in [0.4, 0.5) is 5.69 Å². The first-order chi connectivity index (χ1) is 7.61. The Bertz CT molecular complexity index is 408. The molecule has 4 heteroatoms. The maximum absolute atomic E-state index is 12.3. The van der Waals surface area contributed by atoms with Gasteiger partial charge in [0, 0.05) is 18.3 Å². The topological polar surface area (TPSA) is 46.3 Å². The number of halogens is 1. The highest BCUT2D eigenvalue weighted by Crippen LogP contribution is 2.26. The maximum atomic E-state index is 12.3. The highest BCUT2D eigenvalue weighted by molar-refractivity contribution is 5.99. The summed E-state index contributed by atoms with van der Waals surface area (Å²) in [7, 11) is 0. The van der Waals surface area contributed by atoms with E-state index in [0.717, 1.165) is 13.0 Å². The Hall–Kier alpha value is -1.22. The van der Waals surface area contributed by atoms with Crippen molar-refractivity contribution in [2.24, 2.45) is 5.92 Å². The SMILES string of the molecule is CC1CCN(C(=O)c2ccccc2N)C1C.Cl. The summed E-state index contributed by atoms with van der Waals surface area (Å²) in [6, 6.07) is 7.59. The number of para-hydroxylation sites is 1. The summed E-state index contributed by atoms with van der Waals surface area (Å²) in [6.45, 7) is 5.14. The molecule has 1 aromatic carbocycles. The molecule has 1 aliphatic heterocycles. The van der Waals surface area contributed by atoms with E-state index in [1.54, 1.807) is 12.1 Å². The molecule has 0 bridgehead atoms. The number of anilines is 1. The number of nitrogen functional groups attached to an aromatic ring is 1. The number of carbonyl (C=O) groups excluding carboxylic acids is 1. The zero-order chi connectivity index (χ0) is 11.7. The van der Waals surface area contributed by atoms with Crippen molar-refractivity contribution in [1.29, 1.82) is 0 Å². The van der Waals surface area contributed by atoms with E-state index in [0.29, 0.717) is 23.2 Å². The zero-order valence-electron chi connectivity index (χ0n) is 10.2. The van der Waals surface area contributed by atoms with Gasteiger partial charge in [-0.1, -0.05) is 19.1 Å². The first-order valence-corrected chi connectivity index (χ1v) is 5.76. The minimum atomic E-state index is 0. The van der Waals surface area contributed by atoms with Crippen molar-refractivity contribution in [1.82, 2.24) is 4.90 Å². The summed E-state index contributed by atoms with van der Waals surface area (Å²) in [5, 5.41) is 0. The molecule has 2 atom stereocenters. The number of hydrogen-bond donors (Lipinski definition) is 1. The van der Waals surface area contributed by atoms with E-state index in [2.05, 4.69) is 13.8 Å². The molecule has 94 valence electrons. The number of amides is 1. The minimum absolute atomic E-state index is 0. The average Bonchev–Trinajstić information content (AvgIpc) is 2.60. The molecule has 2 unspecified atom stereocenters. The Morgan fingerprint density at radius 3 is 2.53 bits per heavy atom. The third kappa shape index (κ3) is 2.55. The van der Waals surface area contributed by atoms with Gasteiger partial charge in [-0.05, 0) is 31.4 Å². The van der Waals surface area contributed by atoms with Gasteiger partial charge in [-0.3, -0.25) is 4.79 Å². The second-order valence-electron chi connectivity index (χ2n) is 4.59. The second kappa shape index (κ2) is 5.41. The molecule has 0 aromatic heterocycles. The fourth-order valence-corrected chi connectivity index (χ4v) is 2.23. The van der Waals surface area contributed by atoms with Gasteiger partial charge in [-0.25, -0.2) is 0 Å². The second-order valence-corrected chi connectivity index (χ2v) is 4.59. The Labute approximate surface area is 108 Å². The summed E-state index contributed by atoms with van der Waals surface area (Å²) in [5.74, 6) is 0.642. The van der Waals surface area contributed by atoms with Gasteiger partial charge in [0.2, 0.25) is 0 Å². The molecule has 1 aliphatic rings. The normalized spacial score (nSPS) is 23.3. The Morgan fingerprint density at radius 1 is 1.35 bits per heavy atom. The van der Waals surface area contributed by atoms with Crippen LogP contribution in [-0.2, 0) is 0 Å². The molecule has 1 fully saturated rings. The van der Waals surface area contributed by atoms with E-state index in [9.17, 15) is 4.79 Å². The summed E-state index contributed by atoms with van der Waals surface area (Å²) < 4.78 is 0. The molecule has 0 saturated carbocycles. The van der Waals surface area contributed by atoms with Crippen LogP contribution < -0.4 is 5.73 Å². The monoisotopic (exact) mass is 254 g/mol. The number of benzene rings is 1. The van der Waals surface area contributed by atoms with E-state index in [4.69, 9.17) is 5.73 Å². The summed E-state index contributed by atoms with van der Waals surface area (Å²) in [4.78, 5) is 14.2. The van der Waals surface area contributed by atoms with Crippen molar-refractivity contribution in [3.63, 3.8) is 0 Å². The highest BCUT2D eigenvalue weighted by Gasteiger charge is 2.31. The van der Waals surface area contributed by atoms with Gasteiger partial charge in [0.25, 0.3) is 5.91 Å². The van der Waals surface area contributed by atoms with Crippen molar-refractivity contribution in [3.05, 3.63) is 29.8 Å². The average molecular weight is 255 g/mol. The van der Waals surface area contributed by atoms with E-state index < -0.39 is 0 Å². The van der Waals surface area contributed by atoms with E-state index >= 15 is 0 Å². The number of nitrogens with two attached hydrogens (primary N) is 1. The molecule has 0 aliphatic carbocycles. The Morgan fingerprint density at radius 2 is 2.00 bits per heavy atom. The van der Waals surface area contributed by atoms with Gasteiger partial charge in [-0.15, -0.1) is 12.4 Å². The quantitative estimate of drug-likeness (QED) is 0.783. The first-order valence-electron chi connectivity index (χ1n) is 5.76. The summed E-state index contributed by atoms with van der Waals surface area (Å²) in [6.07, 6.45) is 1.08. The van der Waals surface area contributed by atoms with E-state index in [-0.39, 0.29) is 18.3 Å². The van der Waals surface area contributed by atoms with Crippen molar-refractivity contribution in [3.8, 4) is 0 Å². The predicted octanol–water partition coefficient (Wildman–Crippen LogP) is 2.56. The smallest absolute Gasteiger partial charge is 0.256 e. The molecule has 1 saturated heterocycles. The van der Waals surface area contributed by atoms with Crippen LogP contribution in [0.2, 0.25) is 0 Å². The number of nitrogens with zero attached hydrogens (tertiary/aromatic N) is 1. The van der Waals surface area contributed by atoms with Crippen LogP contribution in [0.1, 0.15) is 30.6 Å². The molecular formula is C13H19ClN2O. The summed E-state index contributed by atoms with van der Waals surface area (Å²) >= 11 is 0.